The molecule has 0 atom stereocenters. The van der Waals surface area contributed by atoms with E-state index >= 15 is 0 Å². The number of benzene rings is 13. The van der Waals surface area contributed by atoms with Crippen molar-refractivity contribution in [2.24, 2.45) is 0 Å². The average Bonchev–Trinajstić information content (AvgIpc) is 3.00. The van der Waals surface area contributed by atoms with Gasteiger partial charge in [0.25, 0.3) is 0 Å². The van der Waals surface area contributed by atoms with Crippen molar-refractivity contribution in [1.82, 2.24) is 9.13 Å². The lowest BCUT2D eigenvalue weighted by Gasteiger charge is -2.11. The summed E-state index contributed by atoms with van der Waals surface area (Å²) >= 11 is 3.69. The van der Waals surface area contributed by atoms with Crippen molar-refractivity contribution in [3.63, 3.8) is 0 Å². The first-order valence-corrected chi connectivity index (χ1v) is 29.8. The molecule has 0 fully saturated rings. The third-order valence-electron chi connectivity index (χ3n) is 16.7. The minimum Gasteiger partial charge on any atom is -0.457 e. The fourth-order valence-corrected chi connectivity index (χ4v) is 14.9. The van der Waals surface area contributed by atoms with Crippen LogP contribution in [0.4, 0.5) is 0 Å². The van der Waals surface area contributed by atoms with E-state index in [4.69, 9.17) is 4.74 Å². The van der Waals surface area contributed by atoms with Gasteiger partial charge < -0.3 is 13.9 Å². The van der Waals surface area contributed by atoms with E-state index in [9.17, 15) is 0 Å². The number of fused-ring (bicyclic) bond motifs is 12. The SMILES string of the molecule is c1ccc(-c2ccc3c(c2)c2ccccc2n3-c2ccc3sc4ccc(-c5ccc6sc7ccc(Oc8cccc(-c9cccc(-c%10cccc(-c%11ccc%12c(c%11)c%11ccccc%11n%12-c%11ccccc%11)c%10)c9)c8)cc7c6c5)cc4c3c2)cc1. The first kappa shape index (κ1) is 47.5. The second-order valence-electron chi connectivity index (χ2n) is 21.6. The zero-order chi connectivity index (χ0) is 54.5. The summed E-state index contributed by atoms with van der Waals surface area (Å²) in [5, 5.41) is 10.00. The van der Waals surface area contributed by atoms with Crippen molar-refractivity contribution >= 4 is 107 Å². The Bertz CT molecular complexity index is 5430. The van der Waals surface area contributed by atoms with Crippen molar-refractivity contribution in [3.05, 3.63) is 291 Å². The van der Waals surface area contributed by atoms with Gasteiger partial charge in [-0.1, -0.05) is 158 Å². The molecule has 4 aromatic heterocycles. The maximum Gasteiger partial charge on any atom is 0.128 e. The highest BCUT2D eigenvalue weighted by Crippen LogP contribution is 2.44. The Morgan fingerprint density at radius 2 is 0.578 bits per heavy atom. The quantitative estimate of drug-likeness (QED) is 0.141. The number of hydrogen-bond acceptors (Lipinski definition) is 3. The van der Waals surface area contributed by atoms with Crippen molar-refractivity contribution in [2.45, 2.75) is 0 Å². The summed E-state index contributed by atoms with van der Waals surface area (Å²) in [6.07, 6.45) is 0. The maximum absolute atomic E-state index is 6.74. The molecule has 0 bridgehead atoms. The normalized spacial score (nSPS) is 11.9. The van der Waals surface area contributed by atoms with Crippen LogP contribution in [-0.4, -0.2) is 9.13 Å². The van der Waals surface area contributed by atoms with E-state index in [0.717, 1.165) is 33.9 Å². The van der Waals surface area contributed by atoms with Gasteiger partial charge in [0, 0.05) is 73.3 Å². The zero-order valence-corrected chi connectivity index (χ0v) is 46.5. The van der Waals surface area contributed by atoms with E-state index in [1.807, 2.05) is 22.7 Å². The molecule has 0 unspecified atom stereocenters. The van der Waals surface area contributed by atoms with Crippen LogP contribution >= 0.6 is 22.7 Å². The van der Waals surface area contributed by atoms with Crippen LogP contribution in [0.3, 0.4) is 0 Å². The van der Waals surface area contributed by atoms with Crippen LogP contribution in [0.1, 0.15) is 0 Å². The Balaban J connectivity index is 0.658. The lowest BCUT2D eigenvalue weighted by atomic mass is 9.95. The average molecular weight is 1090 g/mol. The van der Waals surface area contributed by atoms with Gasteiger partial charge in [0.15, 0.2) is 0 Å². The van der Waals surface area contributed by atoms with Gasteiger partial charge in [-0.05, 0) is 189 Å². The molecule has 83 heavy (non-hydrogen) atoms. The Morgan fingerprint density at radius 3 is 1.16 bits per heavy atom. The van der Waals surface area contributed by atoms with Crippen LogP contribution in [0.15, 0.2) is 291 Å². The highest BCUT2D eigenvalue weighted by Gasteiger charge is 2.18. The molecule has 5 heteroatoms. The highest BCUT2D eigenvalue weighted by atomic mass is 32.1. The lowest BCUT2D eigenvalue weighted by Crippen LogP contribution is -1.93. The predicted molar refractivity (Wildman–Crippen MR) is 355 cm³/mol. The first-order valence-electron chi connectivity index (χ1n) is 28.2. The van der Waals surface area contributed by atoms with Crippen LogP contribution in [0.2, 0.25) is 0 Å². The molecule has 0 amide bonds. The zero-order valence-electron chi connectivity index (χ0n) is 44.8. The highest BCUT2D eigenvalue weighted by molar-refractivity contribution is 7.26. The summed E-state index contributed by atoms with van der Waals surface area (Å²) in [6, 6.07) is 106. The molecule has 17 rings (SSSR count). The molecule has 13 aromatic carbocycles. The fraction of sp³-hybridized carbons (Fsp3) is 0. The Morgan fingerprint density at radius 1 is 0.205 bits per heavy atom. The van der Waals surface area contributed by atoms with Crippen LogP contribution in [-0.2, 0) is 0 Å². The molecule has 0 saturated carbocycles. The molecule has 0 aliphatic carbocycles. The van der Waals surface area contributed by atoms with Crippen LogP contribution < -0.4 is 4.74 Å². The summed E-state index contributed by atoms with van der Waals surface area (Å²) < 4.78 is 16.6. The van der Waals surface area contributed by atoms with E-state index in [1.165, 1.54) is 129 Å². The molecule has 4 heterocycles. The van der Waals surface area contributed by atoms with E-state index in [1.54, 1.807) is 0 Å². The van der Waals surface area contributed by atoms with Gasteiger partial charge in [0.2, 0.25) is 0 Å². The standard InChI is InChI=1S/C78H48N2OS2/c1-3-14-49(15-4-1)55-28-34-74-65(43-55)64-25-8-10-27-72(64)80(74)60-32-38-77-69(47-60)67-45-57(30-36-75(67)82-77)58-31-37-76-68(46-58)70-48-62(33-39-78(70)83-76)81-61-23-13-20-54(42-61)52-18-11-16-50(40-52)51-17-12-19-53(41-51)56-29-35-73-66(44-56)63-24-7-9-26-71(63)79(73)59-21-5-2-6-22-59/h1-48H. The fourth-order valence-electron chi connectivity index (χ4n) is 12.8. The van der Waals surface area contributed by atoms with Gasteiger partial charge in [0.05, 0.1) is 22.1 Å². The monoisotopic (exact) mass is 1090 g/mol. The summed E-state index contributed by atoms with van der Waals surface area (Å²) in [7, 11) is 0. The number of aromatic nitrogens is 2. The molecule has 0 radical (unpaired) electrons. The van der Waals surface area contributed by atoms with Crippen molar-refractivity contribution < 1.29 is 4.74 Å². The summed E-state index contributed by atoms with van der Waals surface area (Å²) in [5.74, 6) is 1.61. The molecule has 0 spiro atoms. The van der Waals surface area contributed by atoms with E-state index in [2.05, 4.69) is 300 Å². The smallest absolute Gasteiger partial charge is 0.128 e. The Hall–Kier alpha value is -10.3. The minimum atomic E-state index is 0.799. The van der Waals surface area contributed by atoms with Crippen LogP contribution in [0.5, 0.6) is 11.5 Å². The third kappa shape index (κ3) is 8.07. The van der Waals surface area contributed by atoms with Gasteiger partial charge in [-0.3, -0.25) is 0 Å². The van der Waals surface area contributed by atoms with E-state index in [-0.39, 0.29) is 0 Å². The number of hydrogen-bond donors (Lipinski definition) is 0. The summed E-state index contributed by atoms with van der Waals surface area (Å²) in [5.41, 5.74) is 19.0. The van der Waals surface area contributed by atoms with E-state index in [0.29, 0.717) is 0 Å². The largest absolute Gasteiger partial charge is 0.457 e. The molecule has 388 valence electrons. The first-order chi connectivity index (χ1) is 41.1. The van der Waals surface area contributed by atoms with Crippen molar-refractivity contribution in [1.29, 1.82) is 0 Å². The molecular weight excluding hydrogens is 1050 g/mol. The topological polar surface area (TPSA) is 19.1 Å². The molecule has 3 nitrogen and oxygen atoms in total. The number of rotatable bonds is 9. The van der Waals surface area contributed by atoms with Crippen molar-refractivity contribution in [3.8, 4) is 78.5 Å². The van der Waals surface area contributed by atoms with Gasteiger partial charge >= 0.3 is 0 Å². The number of thiophene rings is 2. The molecular formula is C78H48N2OS2. The summed E-state index contributed by atoms with van der Waals surface area (Å²) in [4.78, 5) is 0. The Labute approximate surface area is 487 Å². The molecule has 0 N–H and O–H groups in total. The van der Waals surface area contributed by atoms with Crippen molar-refractivity contribution in [2.75, 3.05) is 0 Å². The van der Waals surface area contributed by atoms with Gasteiger partial charge in [0.1, 0.15) is 11.5 Å². The predicted octanol–water partition coefficient (Wildman–Crippen LogP) is 22.7. The van der Waals surface area contributed by atoms with Gasteiger partial charge in [-0.2, -0.15) is 0 Å². The lowest BCUT2D eigenvalue weighted by molar-refractivity contribution is 0.484. The van der Waals surface area contributed by atoms with E-state index < -0.39 is 0 Å². The number of ether oxygens (including phenoxy) is 1. The maximum atomic E-state index is 6.74. The second-order valence-corrected chi connectivity index (χ2v) is 23.8. The molecule has 17 aromatic rings. The Kier molecular flexibility index (Phi) is 11.0. The summed E-state index contributed by atoms with van der Waals surface area (Å²) in [6.45, 7) is 0. The van der Waals surface area contributed by atoms with Gasteiger partial charge in [-0.25, -0.2) is 0 Å². The molecule has 0 aliphatic heterocycles. The molecule has 0 saturated heterocycles. The number of nitrogens with zero attached hydrogens (tertiary/aromatic N) is 2. The van der Waals surface area contributed by atoms with Crippen LogP contribution in [0.25, 0.3) is 151 Å². The molecule has 0 aliphatic rings. The number of para-hydroxylation sites is 3. The van der Waals surface area contributed by atoms with Crippen LogP contribution in [0, 0.1) is 0 Å². The van der Waals surface area contributed by atoms with Gasteiger partial charge in [-0.15, -0.1) is 22.7 Å². The second kappa shape index (κ2) is 19.2. The third-order valence-corrected chi connectivity index (χ3v) is 19.1. The minimum absolute atomic E-state index is 0.799.